The van der Waals surface area contributed by atoms with Crippen LogP contribution in [0.1, 0.15) is 24.5 Å². The maximum atomic E-state index is 12.1. The fourth-order valence-electron chi connectivity index (χ4n) is 1.79. The van der Waals surface area contributed by atoms with Crippen LogP contribution in [0.4, 0.5) is 0 Å². The predicted octanol–water partition coefficient (Wildman–Crippen LogP) is 3.92. The molecule has 0 spiro atoms. The monoisotopic (exact) mass is 354 g/mol. The Balaban J connectivity index is 2.69. The van der Waals surface area contributed by atoms with Crippen molar-refractivity contribution in [3.05, 3.63) is 27.7 Å². The fraction of sp³-hybridized carbons (Fsp3) is 0.467. The molecule has 20 heavy (non-hydrogen) atoms. The topological polar surface area (TPSA) is 44.1 Å². The molecule has 108 valence electrons. The number of carbonyl (C=O) groups excluding carboxylic acids is 1. The van der Waals surface area contributed by atoms with Gasteiger partial charge in [-0.1, -0.05) is 22.9 Å². The van der Waals surface area contributed by atoms with Crippen molar-refractivity contribution in [1.29, 1.82) is 5.26 Å². The minimum Gasteiger partial charge on any atom is -0.329 e. The van der Waals surface area contributed by atoms with Gasteiger partial charge in [-0.15, -0.1) is 11.8 Å². The lowest BCUT2D eigenvalue weighted by molar-refractivity contribution is -0.127. The van der Waals surface area contributed by atoms with E-state index in [9.17, 15) is 4.79 Å². The first-order valence-electron chi connectivity index (χ1n) is 6.53. The summed E-state index contributed by atoms with van der Waals surface area (Å²) in [6, 6.07) is 6.21. The van der Waals surface area contributed by atoms with Gasteiger partial charge < -0.3 is 4.90 Å². The molecule has 0 aliphatic heterocycles. The summed E-state index contributed by atoms with van der Waals surface area (Å²) in [6.45, 7) is 6.90. The third-order valence-electron chi connectivity index (χ3n) is 2.92. The number of hydrogen-bond acceptors (Lipinski definition) is 3. The Morgan fingerprint density at radius 3 is 2.70 bits per heavy atom. The Kier molecular flexibility index (Phi) is 7.11. The van der Waals surface area contributed by atoms with Gasteiger partial charge in [-0.25, -0.2) is 0 Å². The normalized spacial score (nSPS) is 10.2. The Labute approximate surface area is 133 Å². The van der Waals surface area contributed by atoms with E-state index in [0.29, 0.717) is 12.3 Å². The van der Waals surface area contributed by atoms with Crippen LogP contribution in [0.15, 0.2) is 21.5 Å². The van der Waals surface area contributed by atoms with Gasteiger partial charge in [0.25, 0.3) is 0 Å². The van der Waals surface area contributed by atoms with Crippen molar-refractivity contribution in [1.82, 2.24) is 4.90 Å². The van der Waals surface area contributed by atoms with Crippen LogP contribution < -0.4 is 0 Å². The van der Waals surface area contributed by atoms with Crippen molar-refractivity contribution in [3.8, 4) is 6.07 Å². The van der Waals surface area contributed by atoms with Gasteiger partial charge in [0.15, 0.2) is 0 Å². The molecule has 0 N–H and O–H groups in total. The number of nitrogens with zero attached hydrogens (tertiary/aromatic N) is 2. The first kappa shape index (κ1) is 17.1. The number of amides is 1. The van der Waals surface area contributed by atoms with Crippen LogP contribution in [-0.4, -0.2) is 29.6 Å². The van der Waals surface area contributed by atoms with E-state index >= 15 is 0 Å². The first-order valence-corrected chi connectivity index (χ1v) is 8.31. The Bertz CT molecular complexity index is 525. The zero-order chi connectivity index (χ0) is 15.1. The molecule has 0 saturated heterocycles. The highest BCUT2D eigenvalue weighted by molar-refractivity contribution is 9.10. The lowest BCUT2D eigenvalue weighted by atomic mass is 10.2. The summed E-state index contributed by atoms with van der Waals surface area (Å²) in [5.74, 6) is 0.405. The Hall–Kier alpha value is -0.990. The lowest BCUT2D eigenvalue weighted by Gasteiger charge is -2.18. The molecule has 0 saturated carbocycles. The molecule has 0 aliphatic rings. The van der Waals surface area contributed by atoms with Crippen molar-refractivity contribution in [3.63, 3.8) is 0 Å². The molecule has 0 fully saturated rings. The van der Waals surface area contributed by atoms with Crippen LogP contribution in [0.2, 0.25) is 0 Å². The standard InChI is InChI=1S/C15H19BrN2OS/c1-4-6-18(7-5-17)15(19)10-20-14-9-11(2)13(16)8-12(14)3/h8-9H,4,6-7,10H2,1-3H3. The van der Waals surface area contributed by atoms with Gasteiger partial charge in [-0.3, -0.25) is 4.79 Å². The van der Waals surface area contributed by atoms with Gasteiger partial charge in [0.2, 0.25) is 5.91 Å². The highest BCUT2D eigenvalue weighted by atomic mass is 79.9. The molecule has 1 aromatic carbocycles. The van der Waals surface area contributed by atoms with E-state index in [-0.39, 0.29) is 12.5 Å². The van der Waals surface area contributed by atoms with E-state index in [4.69, 9.17) is 5.26 Å². The van der Waals surface area contributed by atoms with Gasteiger partial charge in [-0.05, 0) is 43.5 Å². The highest BCUT2D eigenvalue weighted by Gasteiger charge is 2.13. The van der Waals surface area contributed by atoms with E-state index in [2.05, 4.69) is 28.1 Å². The number of carbonyl (C=O) groups is 1. The van der Waals surface area contributed by atoms with E-state index in [1.54, 1.807) is 4.90 Å². The van der Waals surface area contributed by atoms with Crippen LogP contribution in [0, 0.1) is 25.2 Å². The second kappa shape index (κ2) is 8.33. The molecule has 0 heterocycles. The Morgan fingerprint density at radius 2 is 2.10 bits per heavy atom. The van der Waals surface area contributed by atoms with Crippen LogP contribution in [0.25, 0.3) is 0 Å². The van der Waals surface area contributed by atoms with Crippen LogP contribution >= 0.6 is 27.7 Å². The molecule has 0 atom stereocenters. The van der Waals surface area contributed by atoms with E-state index in [1.807, 2.05) is 26.8 Å². The third kappa shape index (κ3) is 4.84. The maximum absolute atomic E-state index is 12.1. The predicted molar refractivity (Wildman–Crippen MR) is 86.8 cm³/mol. The second-order valence-corrected chi connectivity index (χ2v) is 6.50. The molecule has 1 amide bonds. The number of benzene rings is 1. The molecule has 0 radical (unpaired) electrons. The van der Waals surface area contributed by atoms with Gasteiger partial charge in [-0.2, -0.15) is 5.26 Å². The molecule has 0 aromatic heterocycles. The molecule has 0 bridgehead atoms. The van der Waals surface area contributed by atoms with Crippen LogP contribution in [0.3, 0.4) is 0 Å². The minimum atomic E-state index is 0.0263. The summed E-state index contributed by atoms with van der Waals surface area (Å²) in [6.07, 6.45) is 0.870. The quantitative estimate of drug-likeness (QED) is 0.574. The number of thioether (sulfide) groups is 1. The van der Waals surface area contributed by atoms with E-state index < -0.39 is 0 Å². The van der Waals surface area contributed by atoms with Gasteiger partial charge >= 0.3 is 0 Å². The van der Waals surface area contributed by atoms with E-state index in [0.717, 1.165) is 26.9 Å². The minimum absolute atomic E-state index is 0.0263. The SMILES string of the molecule is CCCN(CC#N)C(=O)CSc1cc(C)c(Br)cc1C. The number of rotatable bonds is 6. The van der Waals surface area contributed by atoms with Crippen LogP contribution in [0.5, 0.6) is 0 Å². The third-order valence-corrected chi connectivity index (χ3v) is 4.91. The molecule has 1 rings (SSSR count). The summed E-state index contributed by atoms with van der Waals surface area (Å²) < 4.78 is 1.09. The summed E-state index contributed by atoms with van der Waals surface area (Å²) >= 11 is 5.04. The van der Waals surface area contributed by atoms with Gasteiger partial charge in [0, 0.05) is 15.9 Å². The molecular weight excluding hydrogens is 336 g/mol. The van der Waals surface area contributed by atoms with Crippen molar-refractivity contribution >= 4 is 33.6 Å². The number of hydrogen-bond donors (Lipinski definition) is 0. The number of halogens is 1. The molecule has 0 aliphatic carbocycles. The average Bonchev–Trinajstić information content (AvgIpc) is 2.41. The molecule has 5 heteroatoms. The van der Waals surface area contributed by atoms with Crippen molar-refractivity contribution in [2.75, 3.05) is 18.8 Å². The van der Waals surface area contributed by atoms with E-state index in [1.165, 1.54) is 11.8 Å². The van der Waals surface area contributed by atoms with Crippen molar-refractivity contribution < 1.29 is 4.79 Å². The first-order chi connectivity index (χ1) is 9.49. The van der Waals surface area contributed by atoms with Crippen molar-refractivity contribution in [2.24, 2.45) is 0 Å². The maximum Gasteiger partial charge on any atom is 0.233 e. The fourth-order valence-corrected chi connectivity index (χ4v) is 3.25. The number of aryl methyl sites for hydroxylation is 2. The second-order valence-electron chi connectivity index (χ2n) is 4.63. The summed E-state index contributed by atoms with van der Waals surface area (Å²) in [5.41, 5.74) is 2.32. The summed E-state index contributed by atoms with van der Waals surface area (Å²) in [5, 5.41) is 8.75. The van der Waals surface area contributed by atoms with Gasteiger partial charge in [0.1, 0.15) is 6.54 Å². The molecular formula is C15H19BrN2OS. The summed E-state index contributed by atoms with van der Waals surface area (Å²) in [4.78, 5) is 14.8. The summed E-state index contributed by atoms with van der Waals surface area (Å²) in [7, 11) is 0. The zero-order valence-electron chi connectivity index (χ0n) is 12.1. The lowest BCUT2D eigenvalue weighted by Crippen LogP contribution is -2.33. The highest BCUT2D eigenvalue weighted by Crippen LogP contribution is 2.28. The number of nitriles is 1. The van der Waals surface area contributed by atoms with Gasteiger partial charge in [0.05, 0.1) is 11.8 Å². The zero-order valence-corrected chi connectivity index (χ0v) is 14.5. The Morgan fingerprint density at radius 1 is 1.40 bits per heavy atom. The largest absolute Gasteiger partial charge is 0.329 e. The molecule has 3 nitrogen and oxygen atoms in total. The van der Waals surface area contributed by atoms with Crippen molar-refractivity contribution in [2.45, 2.75) is 32.1 Å². The molecule has 1 aromatic rings. The average molecular weight is 355 g/mol. The molecule has 0 unspecified atom stereocenters. The smallest absolute Gasteiger partial charge is 0.233 e. The van der Waals surface area contributed by atoms with Crippen LogP contribution in [-0.2, 0) is 4.79 Å².